The van der Waals surface area contributed by atoms with Crippen LogP contribution < -0.4 is 5.73 Å². The van der Waals surface area contributed by atoms with Gasteiger partial charge in [-0.15, -0.1) is 0 Å². The van der Waals surface area contributed by atoms with E-state index in [0.29, 0.717) is 18.7 Å². The predicted octanol–water partition coefficient (Wildman–Crippen LogP) is 2.16. The van der Waals surface area contributed by atoms with Crippen molar-refractivity contribution in [3.05, 3.63) is 35.6 Å². The smallest absolute Gasteiger partial charge is 0.410 e. The molecular weight excluding hydrogens is 327 g/mol. The minimum absolute atomic E-state index is 0.0241. The fourth-order valence-electron chi connectivity index (χ4n) is 2.73. The lowest BCUT2D eigenvalue weighted by Gasteiger charge is -2.47. The monoisotopic (exact) mass is 352 g/mol. The number of carbonyl (C=O) groups excluding carboxylic acids is 1. The summed E-state index contributed by atoms with van der Waals surface area (Å²) in [6.45, 7) is 6.44. The second kappa shape index (κ2) is 7.26. The van der Waals surface area contributed by atoms with Crippen LogP contribution >= 0.6 is 0 Å². The van der Waals surface area contributed by atoms with Gasteiger partial charge in [-0.3, -0.25) is 4.90 Å². The molecule has 2 rings (SSSR count). The number of hydrogen-bond acceptors (Lipinski definition) is 5. The molecule has 3 N–H and O–H groups in total. The van der Waals surface area contributed by atoms with Gasteiger partial charge in [0, 0.05) is 20.1 Å². The Kier molecular flexibility index (Phi) is 5.52. The minimum Gasteiger partial charge on any atom is -0.444 e. The van der Waals surface area contributed by atoms with Crippen molar-refractivity contribution in [2.45, 2.75) is 38.5 Å². The number of likely N-dealkylation sites (tertiary alicyclic amines) is 1. The Balaban J connectivity index is 2.06. The molecule has 1 aliphatic rings. The maximum absolute atomic E-state index is 13.5. The maximum atomic E-state index is 13.5. The van der Waals surface area contributed by atoms with Gasteiger partial charge in [0.05, 0.1) is 12.1 Å². The zero-order chi connectivity index (χ0) is 18.8. The number of nitrogens with zero attached hydrogens (tertiary/aromatic N) is 3. The molecule has 0 bridgehead atoms. The standard InChI is InChI=1S/C17H25FN4O3/c1-17(2,3)25-16(23)21(4)13-9-22(10-13)14(15(19)20-24)11-6-5-7-12(18)8-11/h5-8,13-14,24H,9-10H2,1-4H3,(H2,19,20). The van der Waals surface area contributed by atoms with Gasteiger partial charge >= 0.3 is 6.09 Å². The minimum atomic E-state index is -0.563. The first-order chi connectivity index (χ1) is 11.6. The molecule has 138 valence electrons. The number of halogens is 1. The van der Waals surface area contributed by atoms with Crippen LogP contribution in [0, 0.1) is 5.82 Å². The number of oxime groups is 1. The molecule has 1 aromatic rings. The van der Waals surface area contributed by atoms with Gasteiger partial charge in [0.25, 0.3) is 0 Å². The molecule has 1 aromatic carbocycles. The van der Waals surface area contributed by atoms with Crippen LogP contribution in [0.5, 0.6) is 0 Å². The van der Waals surface area contributed by atoms with Gasteiger partial charge in [-0.1, -0.05) is 17.3 Å². The molecule has 0 saturated carbocycles. The van der Waals surface area contributed by atoms with E-state index >= 15 is 0 Å². The topological polar surface area (TPSA) is 91.4 Å². The Morgan fingerprint density at radius 3 is 2.64 bits per heavy atom. The van der Waals surface area contributed by atoms with Crippen LogP contribution in [-0.4, -0.2) is 58.7 Å². The number of rotatable bonds is 4. The summed E-state index contributed by atoms with van der Waals surface area (Å²) in [5, 5.41) is 12.1. The molecule has 1 amide bonds. The highest BCUT2D eigenvalue weighted by Gasteiger charge is 2.39. The Morgan fingerprint density at radius 2 is 2.12 bits per heavy atom. The summed E-state index contributed by atoms with van der Waals surface area (Å²) in [5.74, 6) is -0.417. The van der Waals surface area contributed by atoms with Crippen LogP contribution in [0.4, 0.5) is 9.18 Å². The summed E-state index contributed by atoms with van der Waals surface area (Å²) in [5.41, 5.74) is 5.83. The second-order valence-corrected chi connectivity index (χ2v) is 7.18. The summed E-state index contributed by atoms with van der Waals surface area (Å²) >= 11 is 0. The van der Waals surface area contributed by atoms with Gasteiger partial charge in [0.15, 0.2) is 5.84 Å². The molecule has 1 atom stereocenters. The highest BCUT2D eigenvalue weighted by atomic mass is 19.1. The van der Waals surface area contributed by atoms with Crippen LogP contribution in [0.2, 0.25) is 0 Å². The summed E-state index contributed by atoms with van der Waals surface area (Å²) in [4.78, 5) is 15.6. The van der Waals surface area contributed by atoms with Gasteiger partial charge in [0.1, 0.15) is 11.4 Å². The van der Waals surface area contributed by atoms with Crippen molar-refractivity contribution in [1.29, 1.82) is 0 Å². The summed E-state index contributed by atoms with van der Waals surface area (Å²) < 4.78 is 18.9. The summed E-state index contributed by atoms with van der Waals surface area (Å²) in [6.07, 6.45) is -0.400. The average molecular weight is 352 g/mol. The Hall–Kier alpha value is -2.35. The van der Waals surface area contributed by atoms with Crippen LogP contribution in [0.25, 0.3) is 0 Å². The zero-order valence-electron chi connectivity index (χ0n) is 14.9. The molecule has 0 spiro atoms. The zero-order valence-corrected chi connectivity index (χ0v) is 14.9. The number of benzene rings is 1. The molecule has 1 saturated heterocycles. The number of likely N-dealkylation sites (N-methyl/N-ethyl adjacent to an activating group) is 1. The van der Waals surface area contributed by atoms with E-state index in [0.717, 1.165) is 0 Å². The number of nitrogens with two attached hydrogens (primary N) is 1. The normalized spacial score (nSPS) is 17.7. The van der Waals surface area contributed by atoms with Crippen molar-refractivity contribution in [3.63, 3.8) is 0 Å². The van der Waals surface area contributed by atoms with Crippen molar-refractivity contribution in [2.24, 2.45) is 10.9 Å². The SMILES string of the molecule is CN(C(=O)OC(C)(C)C)C1CN(C(/C(N)=N/O)c2cccc(F)c2)C1. The lowest BCUT2D eigenvalue weighted by molar-refractivity contribution is -0.00894. The average Bonchev–Trinajstić information content (AvgIpc) is 2.47. The third-order valence-electron chi connectivity index (χ3n) is 4.04. The molecule has 0 aromatic heterocycles. The number of amides is 1. The van der Waals surface area contributed by atoms with Crippen LogP contribution in [-0.2, 0) is 4.74 Å². The van der Waals surface area contributed by atoms with E-state index in [1.54, 1.807) is 19.2 Å². The first kappa shape index (κ1) is 19.0. The highest BCUT2D eigenvalue weighted by Crippen LogP contribution is 2.29. The molecule has 1 fully saturated rings. The van der Waals surface area contributed by atoms with Gasteiger partial charge < -0.3 is 20.6 Å². The number of amidine groups is 1. The first-order valence-corrected chi connectivity index (χ1v) is 8.05. The molecule has 8 heteroatoms. The molecule has 7 nitrogen and oxygen atoms in total. The van der Waals surface area contributed by atoms with Gasteiger partial charge in [0.2, 0.25) is 0 Å². The third-order valence-corrected chi connectivity index (χ3v) is 4.04. The number of ether oxygens (including phenoxy) is 1. The van der Waals surface area contributed by atoms with E-state index in [1.807, 2.05) is 25.7 Å². The van der Waals surface area contributed by atoms with Crippen molar-refractivity contribution in [2.75, 3.05) is 20.1 Å². The first-order valence-electron chi connectivity index (χ1n) is 8.05. The fourth-order valence-corrected chi connectivity index (χ4v) is 2.73. The van der Waals surface area contributed by atoms with E-state index in [2.05, 4.69) is 5.16 Å². The van der Waals surface area contributed by atoms with E-state index in [1.165, 1.54) is 17.0 Å². The highest BCUT2D eigenvalue weighted by molar-refractivity contribution is 5.86. The Bertz CT molecular complexity index is 654. The number of carbonyl (C=O) groups is 1. The largest absolute Gasteiger partial charge is 0.444 e. The number of hydrogen-bond donors (Lipinski definition) is 2. The summed E-state index contributed by atoms with van der Waals surface area (Å²) in [7, 11) is 1.68. The molecule has 25 heavy (non-hydrogen) atoms. The molecular formula is C17H25FN4O3. The summed E-state index contributed by atoms with van der Waals surface area (Å²) in [6, 6.07) is 5.38. The quantitative estimate of drug-likeness (QED) is 0.375. The van der Waals surface area contributed by atoms with E-state index in [-0.39, 0.29) is 11.9 Å². The lowest BCUT2D eigenvalue weighted by Crippen LogP contribution is -2.62. The van der Waals surface area contributed by atoms with Crippen molar-refractivity contribution >= 4 is 11.9 Å². The van der Waals surface area contributed by atoms with Crippen molar-refractivity contribution in [1.82, 2.24) is 9.80 Å². The Labute approximate surface area is 146 Å². The fraction of sp³-hybridized carbons (Fsp3) is 0.529. The molecule has 1 unspecified atom stereocenters. The molecule has 0 radical (unpaired) electrons. The van der Waals surface area contributed by atoms with E-state index < -0.39 is 23.6 Å². The Morgan fingerprint density at radius 1 is 1.48 bits per heavy atom. The van der Waals surface area contributed by atoms with Gasteiger partial charge in [-0.2, -0.15) is 0 Å². The second-order valence-electron chi connectivity index (χ2n) is 7.18. The van der Waals surface area contributed by atoms with Gasteiger partial charge in [-0.25, -0.2) is 9.18 Å². The van der Waals surface area contributed by atoms with Crippen LogP contribution in [0.1, 0.15) is 32.4 Å². The molecule has 1 heterocycles. The molecule has 0 aliphatic carbocycles. The van der Waals surface area contributed by atoms with E-state index in [4.69, 9.17) is 15.7 Å². The third kappa shape index (κ3) is 4.60. The van der Waals surface area contributed by atoms with Crippen molar-refractivity contribution in [3.8, 4) is 0 Å². The van der Waals surface area contributed by atoms with Crippen molar-refractivity contribution < 1.29 is 19.1 Å². The maximum Gasteiger partial charge on any atom is 0.410 e. The van der Waals surface area contributed by atoms with Crippen LogP contribution in [0.15, 0.2) is 29.4 Å². The predicted molar refractivity (Wildman–Crippen MR) is 91.9 cm³/mol. The lowest BCUT2D eigenvalue weighted by atomic mass is 9.97. The van der Waals surface area contributed by atoms with E-state index in [9.17, 15) is 9.18 Å². The van der Waals surface area contributed by atoms with Crippen LogP contribution in [0.3, 0.4) is 0 Å². The van der Waals surface area contributed by atoms with Gasteiger partial charge in [-0.05, 0) is 38.5 Å². The molecule has 1 aliphatic heterocycles.